The van der Waals surface area contributed by atoms with Gasteiger partial charge in [0.25, 0.3) is 5.91 Å². The van der Waals surface area contributed by atoms with Crippen LogP contribution in [-0.2, 0) is 6.54 Å². The molecule has 0 N–H and O–H groups in total. The molecule has 0 atom stereocenters. The van der Waals surface area contributed by atoms with E-state index in [-0.39, 0.29) is 5.91 Å². The van der Waals surface area contributed by atoms with Gasteiger partial charge < -0.3 is 9.64 Å². The molecule has 5 heteroatoms. The zero-order valence-corrected chi connectivity index (χ0v) is 15.2. The van der Waals surface area contributed by atoms with E-state index in [1.165, 1.54) is 5.56 Å². The van der Waals surface area contributed by atoms with Crippen molar-refractivity contribution in [2.45, 2.75) is 13.0 Å². The van der Waals surface area contributed by atoms with Crippen LogP contribution >= 0.6 is 11.6 Å². The van der Waals surface area contributed by atoms with Crippen molar-refractivity contribution in [2.24, 2.45) is 0 Å². The molecular weight excluding hydrogens is 336 g/mol. The summed E-state index contributed by atoms with van der Waals surface area (Å²) in [6, 6.07) is 15.6. The topological polar surface area (TPSA) is 32.8 Å². The van der Waals surface area contributed by atoms with Gasteiger partial charge in [-0.1, -0.05) is 41.9 Å². The Morgan fingerprint density at radius 3 is 2.64 bits per heavy atom. The number of amides is 1. The minimum atomic E-state index is -0.0130. The standard InChI is InChI=1S/C20H23ClN2O2/c1-25-19-9-8-17(21)14-18(19)20(24)23-11-5-10-22(12-13-23)15-16-6-3-2-4-7-16/h2-4,6-9,14H,5,10-13,15H2,1H3. The van der Waals surface area contributed by atoms with Gasteiger partial charge in [-0.2, -0.15) is 0 Å². The third kappa shape index (κ3) is 4.53. The van der Waals surface area contributed by atoms with Gasteiger partial charge >= 0.3 is 0 Å². The maximum Gasteiger partial charge on any atom is 0.257 e. The number of methoxy groups -OCH3 is 1. The summed E-state index contributed by atoms with van der Waals surface area (Å²) in [4.78, 5) is 17.2. The molecule has 0 radical (unpaired) electrons. The van der Waals surface area contributed by atoms with E-state index in [9.17, 15) is 4.79 Å². The van der Waals surface area contributed by atoms with Crippen molar-refractivity contribution in [3.63, 3.8) is 0 Å². The van der Waals surface area contributed by atoms with Gasteiger partial charge in [0, 0.05) is 37.7 Å². The molecule has 132 valence electrons. The summed E-state index contributed by atoms with van der Waals surface area (Å²) in [6.45, 7) is 4.24. The minimum Gasteiger partial charge on any atom is -0.496 e. The maximum atomic E-state index is 12.9. The van der Waals surface area contributed by atoms with Gasteiger partial charge in [-0.15, -0.1) is 0 Å². The Morgan fingerprint density at radius 1 is 1.08 bits per heavy atom. The quantitative estimate of drug-likeness (QED) is 0.835. The lowest BCUT2D eigenvalue weighted by atomic mass is 10.1. The Morgan fingerprint density at radius 2 is 1.88 bits per heavy atom. The number of benzene rings is 2. The largest absolute Gasteiger partial charge is 0.496 e. The molecule has 4 nitrogen and oxygen atoms in total. The average Bonchev–Trinajstić information content (AvgIpc) is 2.87. The highest BCUT2D eigenvalue weighted by Gasteiger charge is 2.23. The van der Waals surface area contributed by atoms with Crippen LogP contribution in [0.2, 0.25) is 5.02 Å². The van der Waals surface area contributed by atoms with E-state index in [1.54, 1.807) is 25.3 Å². The summed E-state index contributed by atoms with van der Waals surface area (Å²) >= 11 is 6.07. The molecule has 1 heterocycles. The smallest absolute Gasteiger partial charge is 0.257 e. The fourth-order valence-corrected chi connectivity index (χ4v) is 3.36. The summed E-state index contributed by atoms with van der Waals surface area (Å²) in [5.41, 5.74) is 1.84. The van der Waals surface area contributed by atoms with Crippen molar-refractivity contribution in [2.75, 3.05) is 33.3 Å². The number of ether oxygens (including phenoxy) is 1. The van der Waals surface area contributed by atoms with E-state index in [0.29, 0.717) is 22.9 Å². The molecule has 1 aliphatic heterocycles. The van der Waals surface area contributed by atoms with Crippen LogP contribution in [0.1, 0.15) is 22.3 Å². The third-order valence-corrected chi connectivity index (χ3v) is 4.75. The zero-order valence-electron chi connectivity index (χ0n) is 14.5. The van der Waals surface area contributed by atoms with Gasteiger partial charge in [-0.05, 0) is 30.2 Å². The summed E-state index contributed by atoms with van der Waals surface area (Å²) in [5, 5.41) is 0.546. The van der Waals surface area contributed by atoms with Crippen LogP contribution in [0.15, 0.2) is 48.5 Å². The number of nitrogens with zero attached hydrogens (tertiary/aromatic N) is 2. The van der Waals surface area contributed by atoms with Crippen LogP contribution in [0.5, 0.6) is 5.75 Å². The molecule has 0 aliphatic carbocycles. The Labute approximate surface area is 154 Å². The lowest BCUT2D eigenvalue weighted by Gasteiger charge is -2.23. The van der Waals surface area contributed by atoms with E-state index in [1.807, 2.05) is 11.0 Å². The molecule has 1 aliphatic rings. The zero-order chi connectivity index (χ0) is 17.6. The van der Waals surface area contributed by atoms with Crippen molar-refractivity contribution in [3.05, 3.63) is 64.7 Å². The van der Waals surface area contributed by atoms with Crippen LogP contribution in [0.4, 0.5) is 0 Å². The Hall–Kier alpha value is -2.04. The molecule has 25 heavy (non-hydrogen) atoms. The predicted octanol–water partition coefficient (Wildman–Crippen LogP) is 3.70. The molecule has 0 unspecified atom stereocenters. The SMILES string of the molecule is COc1ccc(Cl)cc1C(=O)N1CCCN(Cc2ccccc2)CC1. The lowest BCUT2D eigenvalue weighted by molar-refractivity contribution is 0.0757. The highest BCUT2D eigenvalue weighted by molar-refractivity contribution is 6.31. The fourth-order valence-electron chi connectivity index (χ4n) is 3.19. The van der Waals surface area contributed by atoms with Gasteiger partial charge in [0.05, 0.1) is 12.7 Å². The van der Waals surface area contributed by atoms with Crippen molar-refractivity contribution >= 4 is 17.5 Å². The van der Waals surface area contributed by atoms with Gasteiger partial charge in [0.15, 0.2) is 0 Å². The highest BCUT2D eigenvalue weighted by Crippen LogP contribution is 2.24. The van der Waals surface area contributed by atoms with Crippen molar-refractivity contribution < 1.29 is 9.53 Å². The molecule has 0 aromatic heterocycles. The van der Waals surface area contributed by atoms with Crippen LogP contribution in [0.3, 0.4) is 0 Å². The number of carbonyl (C=O) groups excluding carboxylic acids is 1. The van der Waals surface area contributed by atoms with E-state index < -0.39 is 0 Å². The third-order valence-electron chi connectivity index (χ3n) is 4.52. The first-order valence-electron chi connectivity index (χ1n) is 8.56. The first-order valence-corrected chi connectivity index (χ1v) is 8.94. The number of carbonyl (C=O) groups is 1. The average molecular weight is 359 g/mol. The number of halogens is 1. The second kappa shape index (κ2) is 8.37. The van der Waals surface area contributed by atoms with Crippen molar-refractivity contribution in [1.82, 2.24) is 9.80 Å². The number of rotatable bonds is 4. The van der Waals surface area contributed by atoms with Crippen molar-refractivity contribution in [1.29, 1.82) is 0 Å². The molecule has 3 rings (SSSR count). The van der Waals surface area contributed by atoms with Crippen LogP contribution in [0, 0.1) is 0 Å². The molecular formula is C20H23ClN2O2. The van der Waals surface area contributed by atoms with E-state index in [4.69, 9.17) is 16.3 Å². The molecule has 0 spiro atoms. The van der Waals surface area contributed by atoms with Gasteiger partial charge in [-0.3, -0.25) is 9.69 Å². The Bertz CT molecular complexity index is 721. The molecule has 1 amide bonds. The monoisotopic (exact) mass is 358 g/mol. The summed E-state index contributed by atoms with van der Waals surface area (Å²) in [6.07, 6.45) is 0.960. The molecule has 2 aromatic carbocycles. The fraction of sp³-hybridized carbons (Fsp3) is 0.350. The van der Waals surface area contributed by atoms with Crippen LogP contribution in [-0.4, -0.2) is 49.0 Å². The molecule has 2 aromatic rings. The van der Waals surface area contributed by atoms with E-state index in [2.05, 4.69) is 29.2 Å². The first kappa shape index (κ1) is 17.8. The van der Waals surface area contributed by atoms with E-state index in [0.717, 1.165) is 32.6 Å². The second-order valence-corrected chi connectivity index (χ2v) is 6.69. The summed E-state index contributed by atoms with van der Waals surface area (Å²) in [5.74, 6) is 0.556. The summed E-state index contributed by atoms with van der Waals surface area (Å²) in [7, 11) is 1.57. The molecule has 0 saturated carbocycles. The molecule has 1 fully saturated rings. The van der Waals surface area contributed by atoms with Crippen LogP contribution in [0.25, 0.3) is 0 Å². The Kier molecular flexibility index (Phi) is 5.95. The number of hydrogen-bond acceptors (Lipinski definition) is 3. The van der Waals surface area contributed by atoms with Crippen molar-refractivity contribution in [3.8, 4) is 5.75 Å². The van der Waals surface area contributed by atoms with Gasteiger partial charge in [-0.25, -0.2) is 0 Å². The van der Waals surface area contributed by atoms with Gasteiger partial charge in [0.1, 0.15) is 5.75 Å². The lowest BCUT2D eigenvalue weighted by Crippen LogP contribution is -2.35. The van der Waals surface area contributed by atoms with E-state index >= 15 is 0 Å². The Balaban J connectivity index is 1.66. The van der Waals surface area contributed by atoms with Gasteiger partial charge in [0.2, 0.25) is 0 Å². The highest BCUT2D eigenvalue weighted by atomic mass is 35.5. The number of hydrogen-bond donors (Lipinski definition) is 0. The molecule has 0 bridgehead atoms. The predicted molar refractivity (Wildman–Crippen MR) is 100 cm³/mol. The minimum absolute atomic E-state index is 0.0130. The second-order valence-electron chi connectivity index (χ2n) is 6.25. The van der Waals surface area contributed by atoms with Crippen LogP contribution < -0.4 is 4.74 Å². The first-order chi connectivity index (χ1) is 12.2. The summed E-state index contributed by atoms with van der Waals surface area (Å²) < 4.78 is 5.33. The molecule has 1 saturated heterocycles. The maximum absolute atomic E-state index is 12.9. The normalized spacial score (nSPS) is 15.7.